The third-order valence-corrected chi connectivity index (χ3v) is 6.35. The number of imidazole rings is 1. The van der Waals surface area contributed by atoms with Gasteiger partial charge in [0.2, 0.25) is 11.9 Å². The highest BCUT2D eigenvalue weighted by molar-refractivity contribution is 5.80. The predicted molar refractivity (Wildman–Crippen MR) is 105 cm³/mol. The number of aromatic nitrogens is 2. The van der Waals surface area contributed by atoms with Gasteiger partial charge >= 0.3 is 0 Å². The molecule has 2 aromatic rings. The lowest BCUT2D eigenvalue weighted by atomic mass is 10.0. The first-order chi connectivity index (χ1) is 13.1. The van der Waals surface area contributed by atoms with E-state index < -0.39 is 0 Å². The maximum Gasteiger partial charge on any atom is 0.228 e. The Labute approximate surface area is 159 Å². The first-order valence-electron chi connectivity index (χ1n) is 10.1. The molecule has 2 N–H and O–H groups in total. The minimum atomic E-state index is 0.0880. The van der Waals surface area contributed by atoms with E-state index in [2.05, 4.69) is 63.3 Å². The minimum absolute atomic E-state index is 0.0880. The van der Waals surface area contributed by atoms with Crippen LogP contribution in [0.5, 0.6) is 0 Å². The number of carbonyl (C=O) groups excluding carboxylic acids is 1. The van der Waals surface area contributed by atoms with Gasteiger partial charge in [0.05, 0.1) is 17.0 Å². The van der Waals surface area contributed by atoms with Crippen molar-refractivity contribution in [3.8, 4) is 0 Å². The summed E-state index contributed by atoms with van der Waals surface area (Å²) in [6.45, 7) is 9.69. The average Bonchev–Trinajstić information content (AvgIpc) is 3.41. The average molecular weight is 368 g/mol. The standard InChI is InChI=1S/C20H28N6O/c1-13(2)26-18-6-4-3-5-17(18)23-20(26)25-11-15-9-24(10-16(15)12-25)19(27)14-7-21-22-8-14/h3-6,13-16,21-22H,7-12H2,1-2H3. The molecule has 2 atom stereocenters. The van der Waals surface area contributed by atoms with Gasteiger partial charge in [0.1, 0.15) is 0 Å². The third-order valence-electron chi connectivity index (χ3n) is 6.35. The Morgan fingerprint density at radius 3 is 2.41 bits per heavy atom. The van der Waals surface area contributed by atoms with Crippen LogP contribution in [-0.2, 0) is 4.79 Å². The summed E-state index contributed by atoms with van der Waals surface area (Å²) in [5.41, 5.74) is 8.41. The molecule has 4 heterocycles. The number of hydrogen-bond donors (Lipinski definition) is 2. The number of likely N-dealkylation sites (tertiary alicyclic amines) is 1. The third kappa shape index (κ3) is 2.80. The highest BCUT2D eigenvalue weighted by Gasteiger charge is 2.44. The van der Waals surface area contributed by atoms with Crippen LogP contribution in [0.1, 0.15) is 19.9 Å². The molecule has 0 aliphatic carbocycles. The molecule has 0 bridgehead atoms. The summed E-state index contributed by atoms with van der Waals surface area (Å²) >= 11 is 0. The van der Waals surface area contributed by atoms with Crippen molar-refractivity contribution in [2.75, 3.05) is 44.2 Å². The quantitative estimate of drug-likeness (QED) is 0.853. The molecule has 27 heavy (non-hydrogen) atoms. The summed E-state index contributed by atoms with van der Waals surface area (Å²) < 4.78 is 2.36. The van der Waals surface area contributed by atoms with Gasteiger partial charge in [-0.3, -0.25) is 15.6 Å². The molecule has 3 fully saturated rings. The number of anilines is 1. The number of fused-ring (bicyclic) bond motifs is 2. The van der Waals surface area contributed by atoms with E-state index in [-0.39, 0.29) is 5.92 Å². The van der Waals surface area contributed by atoms with Gasteiger partial charge in [-0.05, 0) is 26.0 Å². The normalized spacial score (nSPS) is 25.9. The van der Waals surface area contributed by atoms with Gasteiger partial charge in [-0.1, -0.05) is 12.1 Å². The molecule has 7 heteroatoms. The van der Waals surface area contributed by atoms with Crippen molar-refractivity contribution >= 4 is 22.9 Å². The number of rotatable bonds is 3. The van der Waals surface area contributed by atoms with E-state index in [1.165, 1.54) is 5.52 Å². The van der Waals surface area contributed by atoms with Gasteiger partial charge < -0.3 is 14.4 Å². The van der Waals surface area contributed by atoms with E-state index in [1.54, 1.807) is 0 Å². The molecule has 3 aliphatic heterocycles. The molecule has 5 rings (SSSR count). The van der Waals surface area contributed by atoms with Crippen molar-refractivity contribution in [3.05, 3.63) is 24.3 Å². The number of benzene rings is 1. The predicted octanol–water partition coefficient (Wildman–Crippen LogP) is 1.24. The second-order valence-corrected chi connectivity index (χ2v) is 8.49. The molecule has 7 nitrogen and oxygen atoms in total. The van der Waals surface area contributed by atoms with E-state index in [1.807, 2.05) is 0 Å². The number of nitrogens with one attached hydrogen (secondary N) is 2. The molecule has 3 aliphatic rings. The van der Waals surface area contributed by atoms with Crippen LogP contribution in [0.3, 0.4) is 0 Å². The fourth-order valence-electron chi connectivity index (χ4n) is 5.00. The zero-order valence-corrected chi connectivity index (χ0v) is 16.1. The summed E-state index contributed by atoms with van der Waals surface area (Å²) in [7, 11) is 0. The van der Waals surface area contributed by atoms with Gasteiger partial charge in [0, 0.05) is 57.1 Å². The van der Waals surface area contributed by atoms with Gasteiger partial charge in [0.25, 0.3) is 0 Å². The van der Waals surface area contributed by atoms with E-state index in [4.69, 9.17) is 4.98 Å². The Morgan fingerprint density at radius 1 is 1.07 bits per heavy atom. The van der Waals surface area contributed by atoms with Crippen LogP contribution in [0.25, 0.3) is 11.0 Å². The van der Waals surface area contributed by atoms with Crippen LogP contribution in [-0.4, -0.2) is 59.6 Å². The highest BCUT2D eigenvalue weighted by Crippen LogP contribution is 2.36. The summed E-state index contributed by atoms with van der Waals surface area (Å²) in [6.07, 6.45) is 0. The lowest BCUT2D eigenvalue weighted by molar-refractivity contribution is -0.133. The largest absolute Gasteiger partial charge is 0.342 e. The number of amides is 1. The lowest BCUT2D eigenvalue weighted by Gasteiger charge is -2.25. The van der Waals surface area contributed by atoms with Gasteiger partial charge in [-0.2, -0.15) is 0 Å². The Bertz CT molecular complexity index is 841. The first-order valence-corrected chi connectivity index (χ1v) is 10.1. The van der Waals surface area contributed by atoms with Crippen molar-refractivity contribution in [2.24, 2.45) is 17.8 Å². The Hall–Kier alpha value is -2.12. The molecule has 1 aromatic heterocycles. The number of carbonyl (C=O) groups is 1. The second-order valence-electron chi connectivity index (χ2n) is 8.49. The van der Waals surface area contributed by atoms with Gasteiger partial charge in [0.15, 0.2) is 0 Å². The molecule has 1 amide bonds. The zero-order valence-electron chi connectivity index (χ0n) is 16.1. The van der Waals surface area contributed by atoms with E-state index >= 15 is 0 Å². The molecular weight excluding hydrogens is 340 g/mol. The van der Waals surface area contributed by atoms with Gasteiger partial charge in [-0.15, -0.1) is 0 Å². The van der Waals surface area contributed by atoms with Crippen LogP contribution in [0, 0.1) is 17.8 Å². The summed E-state index contributed by atoms with van der Waals surface area (Å²) in [4.78, 5) is 22.2. The number of hydrogen-bond acceptors (Lipinski definition) is 5. The number of nitrogens with zero attached hydrogens (tertiary/aromatic N) is 4. The molecule has 2 unspecified atom stereocenters. The topological polar surface area (TPSA) is 65.4 Å². The fraction of sp³-hybridized carbons (Fsp3) is 0.600. The molecule has 0 radical (unpaired) electrons. The Balaban J connectivity index is 1.34. The van der Waals surface area contributed by atoms with Crippen LogP contribution >= 0.6 is 0 Å². The van der Waals surface area contributed by atoms with Gasteiger partial charge in [-0.25, -0.2) is 4.98 Å². The maximum atomic E-state index is 12.7. The summed E-state index contributed by atoms with van der Waals surface area (Å²) in [6, 6.07) is 8.76. The summed E-state index contributed by atoms with van der Waals surface area (Å²) in [5, 5.41) is 0. The van der Waals surface area contributed by atoms with Crippen LogP contribution in [0.15, 0.2) is 24.3 Å². The summed E-state index contributed by atoms with van der Waals surface area (Å²) in [5.74, 6) is 2.59. The van der Waals surface area contributed by atoms with Crippen molar-refractivity contribution < 1.29 is 4.79 Å². The molecule has 1 aromatic carbocycles. The Morgan fingerprint density at radius 2 is 1.74 bits per heavy atom. The van der Waals surface area contributed by atoms with E-state index in [9.17, 15) is 4.79 Å². The van der Waals surface area contributed by atoms with E-state index in [0.717, 1.165) is 50.7 Å². The molecule has 0 spiro atoms. The SMILES string of the molecule is CC(C)n1c(N2CC3CN(C(=O)C4CNNC4)CC3C2)nc2ccccc21. The van der Waals surface area contributed by atoms with Crippen molar-refractivity contribution in [3.63, 3.8) is 0 Å². The van der Waals surface area contributed by atoms with Crippen molar-refractivity contribution in [2.45, 2.75) is 19.9 Å². The maximum absolute atomic E-state index is 12.7. The minimum Gasteiger partial charge on any atom is -0.342 e. The highest BCUT2D eigenvalue weighted by atomic mass is 16.2. The monoisotopic (exact) mass is 368 g/mol. The molecule has 144 valence electrons. The number of para-hydroxylation sites is 2. The zero-order chi connectivity index (χ0) is 18.5. The smallest absolute Gasteiger partial charge is 0.228 e. The Kier molecular flexibility index (Phi) is 4.09. The first kappa shape index (κ1) is 17.0. The van der Waals surface area contributed by atoms with Crippen LogP contribution in [0.4, 0.5) is 5.95 Å². The molecule has 3 saturated heterocycles. The molecular formula is C20H28N6O. The van der Waals surface area contributed by atoms with Crippen LogP contribution in [0.2, 0.25) is 0 Å². The second kappa shape index (κ2) is 6.49. The fourth-order valence-corrected chi connectivity index (χ4v) is 5.00. The lowest BCUT2D eigenvalue weighted by Crippen LogP contribution is -2.39. The van der Waals surface area contributed by atoms with Crippen molar-refractivity contribution in [1.82, 2.24) is 25.3 Å². The number of hydrazine groups is 1. The molecule has 0 saturated carbocycles. The van der Waals surface area contributed by atoms with Crippen LogP contribution < -0.4 is 15.8 Å². The van der Waals surface area contributed by atoms with Crippen molar-refractivity contribution in [1.29, 1.82) is 0 Å². The van der Waals surface area contributed by atoms with E-state index in [0.29, 0.717) is 23.8 Å².